The zero-order valence-electron chi connectivity index (χ0n) is 14.1. The van der Waals surface area contributed by atoms with E-state index in [4.69, 9.17) is 14.0 Å². The van der Waals surface area contributed by atoms with Crippen molar-refractivity contribution in [1.82, 2.24) is 0 Å². The van der Waals surface area contributed by atoms with Crippen LogP contribution in [-0.2, 0) is 14.0 Å². The van der Waals surface area contributed by atoms with E-state index in [0.717, 1.165) is 5.47 Å². The number of carbonyl (C=O) groups excluding carboxylic acids is 2. The lowest BCUT2D eigenvalue weighted by Crippen LogP contribution is -2.41. The molecule has 126 valence electrons. The summed E-state index contributed by atoms with van der Waals surface area (Å²) < 4.78 is 16.8. The molecule has 0 unspecified atom stereocenters. The third-order valence-electron chi connectivity index (χ3n) is 4.79. The van der Waals surface area contributed by atoms with E-state index in [9.17, 15) is 9.59 Å². The van der Waals surface area contributed by atoms with Crippen molar-refractivity contribution in [3.8, 4) is 0 Å². The van der Waals surface area contributed by atoms with Gasteiger partial charge in [-0.15, -0.1) is 0 Å². The minimum absolute atomic E-state index is 0.276. The first-order valence-corrected chi connectivity index (χ1v) is 8.36. The van der Waals surface area contributed by atoms with Gasteiger partial charge in [-0.3, -0.25) is 0 Å². The predicted octanol–water partition coefficient (Wildman–Crippen LogP) is 2.94. The molecular weight excluding hydrogens is 327 g/mol. The van der Waals surface area contributed by atoms with Gasteiger partial charge in [-0.05, 0) is 44.8 Å². The van der Waals surface area contributed by atoms with Crippen LogP contribution in [0.2, 0.25) is 0 Å². The Morgan fingerprint density at radius 3 is 2.33 bits per heavy atom. The van der Waals surface area contributed by atoms with Crippen LogP contribution in [0.3, 0.4) is 0 Å². The maximum atomic E-state index is 11.9. The Kier molecular flexibility index (Phi) is 4.14. The Morgan fingerprint density at radius 1 is 1.12 bits per heavy atom. The molecule has 0 spiro atoms. The van der Waals surface area contributed by atoms with E-state index in [-0.39, 0.29) is 11.1 Å². The summed E-state index contributed by atoms with van der Waals surface area (Å²) in [5.74, 6) is -0.855. The van der Waals surface area contributed by atoms with Crippen molar-refractivity contribution in [2.45, 2.75) is 38.9 Å². The summed E-state index contributed by atoms with van der Waals surface area (Å²) in [5, 5.41) is 0. The maximum absolute atomic E-state index is 11.9. The van der Waals surface area contributed by atoms with Gasteiger partial charge in [0.05, 0.1) is 22.3 Å². The second-order valence-electron chi connectivity index (χ2n) is 6.91. The Bertz CT molecular complexity index is 737. The standard InChI is InChI=1S/C17H19BO5S/c1-16(2)17(3,4)23-18(22-16)11(9-24)8-10-6-5-7-12-13(10)15(20)21-14(12)19/h5-8,24H,9H2,1-4H3. The van der Waals surface area contributed by atoms with Gasteiger partial charge >= 0.3 is 19.1 Å². The molecule has 1 saturated heterocycles. The van der Waals surface area contributed by atoms with Crippen LogP contribution in [-0.4, -0.2) is 36.0 Å². The van der Waals surface area contributed by atoms with E-state index in [1.165, 1.54) is 0 Å². The third-order valence-corrected chi connectivity index (χ3v) is 5.15. The quantitative estimate of drug-likeness (QED) is 0.395. The van der Waals surface area contributed by atoms with Crippen molar-refractivity contribution in [2.75, 3.05) is 5.75 Å². The Hall–Kier alpha value is -1.57. The van der Waals surface area contributed by atoms with Crippen LogP contribution >= 0.6 is 12.6 Å². The number of hydrogen-bond acceptors (Lipinski definition) is 6. The fourth-order valence-electron chi connectivity index (χ4n) is 2.66. The molecule has 24 heavy (non-hydrogen) atoms. The van der Waals surface area contributed by atoms with E-state index >= 15 is 0 Å². The molecule has 5 nitrogen and oxygen atoms in total. The lowest BCUT2D eigenvalue weighted by atomic mass is 9.78. The molecule has 2 aliphatic rings. The summed E-state index contributed by atoms with van der Waals surface area (Å²) in [6, 6.07) is 5.05. The minimum Gasteiger partial charge on any atom is -0.400 e. The summed E-state index contributed by atoms with van der Waals surface area (Å²) in [4.78, 5) is 23.6. The highest BCUT2D eigenvalue weighted by Gasteiger charge is 2.52. The van der Waals surface area contributed by atoms with Crippen molar-refractivity contribution < 1.29 is 23.6 Å². The molecule has 1 fully saturated rings. The predicted molar refractivity (Wildman–Crippen MR) is 94.1 cm³/mol. The summed E-state index contributed by atoms with van der Waals surface area (Å²) in [6.07, 6.45) is 1.79. The highest BCUT2D eigenvalue weighted by Crippen LogP contribution is 2.39. The average molecular weight is 346 g/mol. The molecule has 1 aromatic rings. The highest BCUT2D eigenvalue weighted by atomic mass is 32.1. The smallest absolute Gasteiger partial charge is 0.400 e. The largest absolute Gasteiger partial charge is 0.491 e. The molecule has 0 radical (unpaired) electrons. The van der Waals surface area contributed by atoms with Gasteiger partial charge in [0, 0.05) is 5.75 Å². The topological polar surface area (TPSA) is 61.8 Å². The number of thiol groups is 1. The molecule has 0 N–H and O–H groups in total. The maximum Gasteiger partial charge on any atom is 0.491 e. The average Bonchev–Trinajstić information content (AvgIpc) is 2.90. The zero-order chi connectivity index (χ0) is 17.7. The molecule has 0 bridgehead atoms. The number of rotatable bonds is 3. The molecule has 0 aliphatic carbocycles. The van der Waals surface area contributed by atoms with E-state index in [0.29, 0.717) is 11.3 Å². The fourth-order valence-corrected chi connectivity index (χ4v) is 2.90. The number of carbonyl (C=O) groups is 2. The second-order valence-corrected chi connectivity index (χ2v) is 7.23. The van der Waals surface area contributed by atoms with Crippen molar-refractivity contribution in [2.24, 2.45) is 0 Å². The van der Waals surface area contributed by atoms with Crippen LogP contribution in [0.1, 0.15) is 54.0 Å². The van der Waals surface area contributed by atoms with E-state index < -0.39 is 30.3 Å². The zero-order valence-corrected chi connectivity index (χ0v) is 15.0. The Morgan fingerprint density at radius 2 is 1.75 bits per heavy atom. The van der Waals surface area contributed by atoms with Gasteiger partial charge in [0.1, 0.15) is 0 Å². The Balaban J connectivity index is 2.00. The van der Waals surface area contributed by atoms with Gasteiger partial charge in [-0.1, -0.05) is 18.2 Å². The summed E-state index contributed by atoms with van der Waals surface area (Å²) in [6.45, 7) is 7.89. The van der Waals surface area contributed by atoms with Crippen LogP contribution in [0.25, 0.3) is 6.08 Å². The van der Waals surface area contributed by atoms with Crippen molar-refractivity contribution in [3.63, 3.8) is 0 Å². The highest BCUT2D eigenvalue weighted by molar-refractivity contribution is 7.80. The van der Waals surface area contributed by atoms with Crippen LogP contribution in [0.4, 0.5) is 0 Å². The van der Waals surface area contributed by atoms with Crippen LogP contribution < -0.4 is 0 Å². The monoisotopic (exact) mass is 346 g/mol. The van der Waals surface area contributed by atoms with Gasteiger partial charge < -0.3 is 14.0 Å². The molecule has 1 aromatic carbocycles. The lowest BCUT2D eigenvalue weighted by Gasteiger charge is -2.32. The minimum atomic E-state index is -0.630. The van der Waals surface area contributed by atoms with Crippen molar-refractivity contribution in [3.05, 3.63) is 40.4 Å². The first-order valence-electron chi connectivity index (χ1n) is 7.73. The summed E-state index contributed by atoms with van der Waals surface area (Å²) in [7, 11) is -0.559. The molecule has 0 aromatic heterocycles. The van der Waals surface area contributed by atoms with Crippen LogP contribution in [0.5, 0.6) is 0 Å². The van der Waals surface area contributed by atoms with Gasteiger partial charge in [0.25, 0.3) is 0 Å². The first-order chi connectivity index (χ1) is 11.2. The fraction of sp³-hybridized carbons (Fsp3) is 0.412. The van der Waals surface area contributed by atoms with Crippen molar-refractivity contribution >= 4 is 37.8 Å². The van der Waals surface area contributed by atoms with Gasteiger partial charge in [-0.2, -0.15) is 12.6 Å². The molecule has 3 rings (SSSR count). The number of fused-ring (bicyclic) bond motifs is 1. The molecule has 0 amide bonds. The van der Waals surface area contributed by atoms with Crippen LogP contribution in [0, 0.1) is 0 Å². The molecule has 2 aliphatic heterocycles. The molecule has 0 atom stereocenters. The number of esters is 2. The SMILES string of the molecule is CC1(C)OB(C(=Cc2cccc3c2C(=O)OC3=O)CS)OC1(C)C. The Labute approximate surface area is 146 Å². The molecule has 2 heterocycles. The number of benzene rings is 1. The molecule has 7 heteroatoms. The molecular formula is C17H19BO5S. The number of ether oxygens (including phenoxy) is 1. The normalized spacial score (nSPS) is 21.9. The second kappa shape index (κ2) is 5.76. The van der Waals surface area contributed by atoms with E-state index in [1.807, 2.05) is 27.7 Å². The molecule has 0 saturated carbocycles. The summed E-state index contributed by atoms with van der Waals surface area (Å²) in [5.41, 5.74) is 1.000. The van der Waals surface area contributed by atoms with Crippen molar-refractivity contribution in [1.29, 1.82) is 0 Å². The third kappa shape index (κ3) is 2.70. The lowest BCUT2D eigenvalue weighted by molar-refractivity contribution is 0.00578. The van der Waals surface area contributed by atoms with Gasteiger partial charge in [-0.25, -0.2) is 9.59 Å². The van der Waals surface area contributed by atoms with E-state index in [1.54, 1.807) is 24.3 Å². The first kappa shape index (κ1) is 17.3. The summed E-state index contributed by atoms with van der Waals surface area (Å²) >= 11 is 4.37. The van der Waals surface area contributed by atoms with Gasteiger partial charge in [0.2, 0.25) is 0 Å². The van der Waals surface area contributed by atoms with E-state index in [2.05, 4.69) is 12.6 Å². The van der Waals surface area contributed by atoms with Gasteiger partial charge in [0.15, 0.2) is 0 Å². The number of cyclic esters (lactones) is 2. The van der Waals surface area contributed by atoms with Crippen LogP contribution in [0.15, 0.2) is 23.7 Å². The number of hydrogen-bond donors (Lipinski definition) is 1.